The van der Waals surface area contributed by atoms with E-state index in [2.05, 4.69) is 30.4 Å². The molecule has 8 heteroatoms. The largest absolute Gasteiger partial charge is 0.388 e. The summed E-state index contributed by atoms with van der Waals surface area (Å²) in [5.74, 6) is 0.622. The van der Waals surface area contributed by atoms with Crippen molar-refractivity contribution in [2.45, 2.75) is 31.4 Å². The van der Waals surface area contributed by atoms with Crippen LogP contribution in [0.25, 0.3) is 22.4 Å². The van der Waals surface area contributed by atoms with Gasteiger partial charge >= 0.3 is 0 Å². The monoisotopic (exact) mass is 382 g/mol. The lowest BCUT2D eigenvalue weighted by Gasteiger charge is -2.42. The van der Waals surface area contributed by atoms with Crippen molar-refractivity contribution in [1.82, 2.24) is 25.5 Å². The molecule has 2 aliphatic rings. The van der Waals surface area contributed by atoms with Crippen molar-refractivity contribution < 1.29 is 9.50 Å². The lowest BCUT2D eigenvalue weighted by atomic mass is 9.89. The molecule has 3 N–H and O–H groups in total. The Morgan fingerprint density at radius 3 is 2.93 bits per heavy atom. The van der Waals surface area contributed by atoms with Crippen molar-refractivity contribution in [2.24, 2.45) is 5.92 Å². The normalized spacial score (nSPS) is 22.4. The number of halogens is 1. The van der Waals surface area contributed by atoms with Gasteiger partial charge in [-0.3, -0.25) is 5.10 Å². The van der Waals surface area contributed by atoms with Crippen molar-refractivity contribution >= 4 is 16.9 Å². The summed E-state index contributed by atoms with van der Waals surface area (Å²) in [5, 5.41) is 22.2. The zero-order valence-electron chi connectivity index (χ0n) is 15.7. The maximum Gasteiger partial charge on any atom is 0.155 e. The van der Waals surface area contributed by atoms with E-state index in [9.17, 15) is 9.50 Å². The number of nitrogens with one attached hydrogen (secondary N) is 2. The number of anilines is 1. The number of piperazine rings is 1. The number of H-pyrrole nitrogens is 1. The predicted octanol–water partition coefficient (Wildman–Crippen LogP) is 2.10. The fourth-order valence-corrected chi connectivity index (χ4v) is 4.11. The standard InChI is InChI=1S/C20H23FN6O/c1-20(28,12-4-5-12)15-11-27(10-9-22-15)16-7-6-14(21)18(24-16)17-13-3-2-8-23-19(13)26-25-17/h2-3,6-8,12,15,22,28H,4-5,9-11H2,1H3,(H,23,25,26). The molecule has 0 spiro atoms. The van der Waals surface area contributed by atoms with Crippen LogP contribution >= 0.6 is 0 Å². The number of hydrogen-bond donors (Lipinski definition) is 3. The van der Waals surface area contributed by atoms with Crippen molar-refractivity contribution in [2.75, 3.05) is 24.5 Å². The van der Waals surface area contributed by atoms with Gasteiger partial charge in [-0.05, 0) is 49.9 Å². The van der Waals surface area contributed by atoms with Crippen LogP contribution in [0.15, 0.2) is 30.5 Å². The highest BCUT2D eigenvalue weighted by atomic mass is 19.1. The molecule has 2 atom stereocenters. The fraction of sp³-hybridized carbons (Fsp3) is 0.450. The van der Waals surface area contributed by atoms with Gasteiger partial charge in [-0.2, -0.15) is 5.10 Å². The predicted molar refractivity (Wildman–Crippen MR) is 104 cm³/mol. The molecule has 0 amide bonds. The van der Waals surface area contributed by atoms with Crippen molar-refractivity contribution in [3.8, 4) is 11.4 Å². The molecule has 1 saturated heterocycles. The smallest absolute Gasteiger partial charge is 0.155 e. The third-order valence-electron chi connectivity index (χ3n) is 6.00. The molecule has 2 unspecified atom stereocenters. The van der Waals surface area contributed by atoms with Gasteiger partial charge in [0.05, 0.1) is 11.6 Å². The van der Waals surface area contributed by atoms with Crippen molar-refractivity contribution in [1.29, 1.82) is 0 Å². The van der Waals surface area contributed by atoms with Crippen molar-refractivity contribution in [3.05, 3.63) is 36.3 Å². The zero-order valence-corrected chi connectivity index (χ0v) is 15.7. The third kappa shape index (κ3) is 2.93. The summed E-state index contributed by atoms with van der Waals surface area (Å²) in [6.45, 7) is 4.04. The molecule has 0 bridgehead atoms. The number of aromatic amines is 1. The average Bonchev–Trinajstić information content (AvgIpc) is 3.50. The van der Waals surface area contributed by atoms with Gasteiger partial charge in [-0.15, -0.1) is 0 Å². The molecular formula is C20H23FN6O. The van der Waals surface area contributed by atoms with E-state index in [0.717, 1.165) is 31.3 Å². The Bertz CT molecular complexity index is 1010. The first-order valence-corrected chi connectivity index (χ1v) is 9.71. The van der Waals surface area contributed by atoms with Crippen LogP contribution in [0, 0.1) is 11.7 Å². The second-order valence-corrected chi connectivity index (χ2v) is 7.92. The topological polar surface area (TPSA) is 90.0 Å². The summed E-state index contributed by atoms with van der Waals surface area (Å²) in [4.78, 5) is 10.9. The highest BCUT2D eigenvalue weighted by Crippen LogP contribution is 2.42. The van der Waals surface area contributed by atoms with Gasteiger partial charge in [0.15, 0.2) is 11.5 Å². The highest BCUT2D eigenvalue weighted by molar-refractivity contribution is 5.89. The van der Waals surface area contributed by atoms with E-state index in [1.165, 1.54) is 6.07 Å². The minimum absolute atomic E-state index is 0.0422. The summed E-state index contributed by atoms with van der Waals surface area (Å²) in [5.41, 5.74) is 0.526. The summed E-state index contributed by atoms with van der Waals surface area (Å²) in [6, 6.07) is 6.73. The SMILES string of the molecule is CC(O)(C1CC1)C1CN(c2ccc(F)c(-c3n[nH]c4ncccc34)n2)CCN1. The molecular weight excluding hydrogens is 359 g/mol. The van der Waals surface area contributed by atoms with E-state index in [-0.39, 0.29) is 11.7 Å². The second kappa shape index (κ2) is 6.49. The van der Waals surface area contributed by atoms with Crippen LogP contribution in [-0.2, 0) is 0 Å². The fourth-order valence-electron chi connectivity index (χ4n) is 4.11. The van der Waals surface area contributed by atoms with Gasteiger partial charge in [0.1, 0.15) is 17.2 Å². The second-order valence-electron chi connectivity index (χ2n) is 7.92. The number of fused-ring (bicyclic) bond motifs is 1. The lowest BCUT2D eigenvalue weighted by molar-refractivity contribution is -0.00278. The number of rotatable bonds is 4. The van der Waals surface area contributed by atoms with Gasteiger partial charge in [-0.25, -0.2) is 14.4 Å². The Labute approximate surface area is 162 Å². The number of nitrogens with zero attached hydrogens (tertiary/aromatic N) is 4. The molecule has 3 aromatic rings. The molecule has 5 rings (SSSR count). The first-order valence-electron chi connectivity index (χ1n) is 9.71. The van der Waals surface area contributed by atoms with Gasteiger partial charge in [0.2, 0.25) is 0 Å². The number of hydrogen-bond acceptors (Lipinski definition) is 6. The molecule has 1 saturated carbocycles. The van der Waals surface area contributed by atoms with Crippen LogP contribution in [0.4, 0.5) is 10.2 Å². The van der Waals surface area contributed by atoms with Gasteiger partial charge in [0.25, 0.3) is 0 Å². The average molecular weight is 382 g/mol. The molecule has 1 aliphatic heterocycles. The summed E-state index contributed by atoms with van der Waals surface area (Å²) in [7, 11) is 0. The molecule has 146 valence electrons. The van der Waals surface area contributed by atoms with E-state index in [1.807, 2.05) is 13.0 Å². The van der Waals surface area contributed by atoms with E-state index >= 15 is 0 Å². The first-order chi connectivity index (χ1) is 13.5. The molecule has 28 heavy (non-hydrogen) atoms. The minimum Gasteiger partial charge on any atom is -0.388 e. The summed E-state index contributed by atoms with van der Waals surface area (Å²) < 4.78 is 14.6. The zero-order chi connectivity index (χ0) is 19.3. The third-order valence-corrected chi connectivity index (χ3v) is 6.00. The van der Waals surface area contributed by atoms with Crippen LogP contribution in [0.2, 0.25) is 0 Å². The first kappa shape index (κ1) is 17.5. The van der Waals surface area contributed by atoms with Gasteiger partial charge in [-0.1, -0.05) is 0 Å². The van der Waals surface area contributed by atoms with E-state index < -0.39 is 11.4 Å². The van der Waals surface area contributed by atoms with Crippen LogP contribution in [0.1, 0.15) is 19.8 Å². The van der Waals surface area contributed by atoms with E-state index in [0.29, 0.717) is 29.6 Å². The highest BCUT2D eigenvalue weighted by Gasteiger charge is 2.46. The quantitative estimate of drug-likeness (QED) is 0.640. The minimum atomic E-state index is -0.744. The molecule has 2 fully saturated rings. The number of aliphatic hydroxyl groups is 1. The molecule has 0 radical (unpaired) electrons. The van der Waals surface area contributed by atoms with Crippen LogP contribution in [0.3, 0.4) is 0 Å². The van der Waals surface area contributed by atoms with Crippen LogP contribution in [0.5, 0.6) is 0 Å². The lowest BCUT2D eigenvalue weighted by Crippen LogP contribution is -2.61. The molecule has 1 aliphatic carbocycles. The Morgan fingerprint density at radius 2 is 2.11 bits per heavy atom. The Balaban J connectivity index is 1.47. The van der Waals surface area contributed by atoms with Crippen molar-refractivity contribution in [3.63, 3.8) is 0 Å². The number of pyridine rings is 2. The van der Waals surface area contributed by atoms with Crippen LogP contribution < -0.4 is 10.2 Å². The van der Waals surface area contributed by atoms with Gasteiger partial charge in [0, 0.05) is 31.2 Å². The summed E-state index contributed by atoms with van der Waals surface area (Å²) >= 11 is 0. The molecule has 3 aromatic heterocycles. The molecule has 7 nitrogen and oxygen atoms in total. The van der Waals surface area contributed by atoms with Crippen LogP contribution in [-0.4, -0.2) is 56.5 Å². The Hall–Kier alpha value is -2.58. The Kier molecular flexibility index (Phi) is 4.06. The Morgan fingerprint density at radius 1 is 1.25 bits per heavy atom. The maximum absolute atomic E-state index is 14.6. The summed E-state index contributed by atoms with van der Waals surface area (Å²) in [6.07, 6.45) is 3.81. The molecule has 4 heterocycles. The molecule has 0 aromatic carbocycles. The van der Waals surface area contributed by atoms with E-state index in [1.54, 1.807) is 18.3 Å². The van der Waals surface area contributed by atoms with E-state index in [4.69, 9.17) is 0 Å². The maximum atomic E-state index is 14.6. The van der Waals surface area contributed by atoms with Gasteiger partial charge < -0.3 is 15.3 Å². The number of aromatic nitrogens is 4.